The highest BCUT2D eigenvalue weighted by atomic mass is 35.5. The molecule has 3 nitrogen and oxygen atoms in total. The Morgan fingerprint density at radius 3 is 2.73 bits per heavy atom. The molecular formula is C16H10Cl2FN3. The number of aryl methyl sites for hydroxylation is 1. The molecule has 0 radical (unpaired) electrons. The van der Waals surface area contributed by atoms with Crippen molar-refractivity contribution in [3.63, 3.8) is 0 Å². The van der Waals surface area contributed by atoms with Crippen LogP contribution < -0.4 is 0 Å². The molecule has 0 aliphatic carbocycles. The number of aromatic nitrogens is 3. The largest absolute Gasteiger partial charge is 0.343 e. The fraction of sp³-hybridized carbons (Fsp3) is 0.125. The maximum atomic E-state index is 14.3. The number of nitrogens with zero attached hydrogens (tertiary/aromatic N) is 2. The van der Waals surface area contributed by atoms with Gasteiger partial charge in [-0.25, -0.2) is 9.37 Å². The van der Waals surface area contributed by atoms with E-state index < -0.39 is 0 Å². The molecule has 0 fully saturated rings. The first-order valence-electron chi connectivity index (χ1n) is 6.80. The summed E-state index contributed by atoms with van der Waals surface area (Å²) in [4.78, 5) is 12.3. The highest BCUT2D eigenvalue weighted by Gasteiger charge is 2.17. The molecule has 4 rings (SSSR count). The number of fused-ring (bicyclic) bond motifs is 5. The fourth-order valence-corrected chi connectivity index (χ4v) is 3.15. The molecule has 0 amide bonds. The van der Waals surface area contributed by atoms with Crippen LogP contribution in [0.4, 0.5) is 4.39 Å². The van der Waals surface area contributed by atoms with Crippen LogP contribution in [0.3, 0.4) is 0 Å². The number of benzene rings is 1. The molecule has 0 aliphatic heterocycles. The number of halogens is 3. The van der Waals surface area contributed by atoms with E-state index in [1.54, 1.807) is 18.2 Å². The van der Waals surface area contributed by atoms with E-state index in [-0.39, 0.29) is 5.82 Å². The van der Waals surface area contributed by atoms with E-state index in [9.17, 15) is 4.39 Å². The molecule has 110 valence electrons. The Balaban J connectivity index is 2.28. The minimum absolute atomic E-state index is 0.306. The number of nitrogens with one attached hydrogen (secondary N) is 1. The van der Waals surface area contributed by atoms with Crippen molar-refractivity contribution in [2.24, 2.45) is 0 Å². The molecule has 0 saturated carbocycles. The summed E-state index contributed by atoms with van der Waals surface area (Å²) in [5.74, 6) is 0.102. The first kappa shape index (κ1) is 13.7. The van der Waals surface area contributed by atoms with E-state index in [1.807, 2.05) is 6.07 Å². The zero-order valence-electron chi connectivity index (χ0n) is 11.3. The van der Waals surface area contributed by atoms with Crippen molar-refractivity contribution in [2.45, 2.75) is 6.42 Å². The first-order valence-corrected chi connectivity index (χ1v) is 7.71. The number of H-pyrrole nitrogens is 1. The van der Waals surface area contributed by atoms with Crippen LogP contribution >= 0.6 is 23.2 Å². The quantitative estimate of drug-likeness (QED) is 0.421. The van der Waals surface area contributed by atoms with E-state index in [1.165, 1.54) is 6.07 Å². The van der Waals surface area contributed by atoms with Gasteiger partial charge in [0.1, 0.15) is 11.0 Å². The highest BCUT2D eigenvalue weighted by molar-refractivity contribution is 6.30. The molecule has 4 aromatic rings. The molecule has 0 saturated heterocycles. The summed E-state index contributed by atoms with van der Waals surface area (Å²) in [6, 6.07) is 8.42. The summed E-state index contributed by atoms with van der Waals surface area (Å²) in [6.07, 6.45) is 0.547. The summed E-state index contributed by atoms with van der Waals surface area (Å²) >= 11 is 11.9. The van der Waals surface area contributed by atoms with Gasteiger partial charge in [0.25, 0.3) is 0 Å². The third-order valence-corrected chi connectivity index (χ3v) is 4.12. The number of pyridine rings is 2. The lowest BCUT2D eigenvalue weighted by atomic mass is 10.1. The fourth-order valence-electron chi connectivity index (χ4n) is 2.82. The average molecular weight is 334 g/mol. The zero-order chi connectivity index (χ0) is 15.3. The van der Waals surface area contributed by atoms with Gasteiger partial charge in [0.15, 0.2) is 0 Å². The van der Waals surface area contributed by atoms with Crippen molar-refractivity contribution in [2.75, 3.05) is 5.88 Å². The predicted molar refractivity (Wildman–Crippen MR) is 88.3 cm³/mol. The molecule has 1 N–H and O–H groups in total. The number of rotatable bonds is 2. The van der Waals surface area contributed by atoms with Crippen molar-refractivity contribution >= 4 is 56.0 Å². The van der Waals surface area contributed by atoms with Gasteiger partial charge in [-0.3, -0.25) is 4.98 Å². The number of hydrogen-bond acceptors (Lipinski definition) is 2. The van der Waals surface area contributed by atoms with Crippen LogP contribution in [0, 0.1) is 5.82 Å². The van der Waals surface area contributed by atoms with Gasteiger partial charge >= 0.3 is 0 Å². The number of hydrogen-bond donors (Lipinski definition) is 1. The van der Waals surface area contributed by atoms with Crippen LogP contribution in [-0.4, -0.2) is 20.8 Å². The third-order valence-electron chi connectivity index (χ3n) is 3.71. The van der Waals surface area contributed by atoms with Crippen LogP contribution in [0.1, 0.15) is 5.69 Å². The maximum Gasteiger partial charge on any atom is 0.133 e. The van der Waals surface area contributed by atoms with Gasteiger partial charge in [0.05, 0.1) is 27.8 Å². The Morgan fingerprint density at radius 2 is 1.91 bits per heavy atom. The Labute approximate surface area is 135 Å². The van der Waals surface area contributed by atoms with Gasteiger partial charge in [-0.2, -0.15) is 0 Å². The topological polar surface area (TPSA) is 41.6 Å². The van der Waals surface area contributed by atoms with E-state index in [0.717, 1.165) is 11.2 Å². The molecule has 0 bridgehead atoms. The van der Waals surface area contributed by atoms with Crippen molar-refractivity contribution in [1.29, 1.82) is 0 Å². The van der Waals surface area contributed by atoms with Crippen LogP contribution in [0.15, 0.2) is 30.3 Å². The lowest BCUT2D eigenvalue weighted by molar-refractivity contribution is 0.640. The molecule has 1 aromatic carbocycles. The minimum atomic E-state index is -0.306. The second-order valence-corrected chi connectivity index (χ2v) is 5.82. The van der Waals surface area contributed by atoms with Crippen molar-refractivity contribution < 1.29 is 4.39 Å². The summed E-state index contributed by atoms with van der Waals surface area (Å²) < 4.78 is 14.3. The summed E-state index contributed by atoms with van der Waals surface area (Å²) in [5, 5.41) is 1.67. The minimum Gasteiger partial charge on any atom is -0.343 e. The summed E-state index contributed by atoms with van der Waals surface area (Å²) in [7, 11) is 0. The predicted octanol–water partition coefficient (Wildman–Crippen LogP) is 4.84. The molecule has 0 unspecified atom stereocenters. The molecule has 0 aliphatic rings. The molecule has 0 atom stereocenters. The number of alkyl halides is 1. The van der Waals surface area contributed by atoms with Gasteiger partial charge in [-0.1, -0.05) is 17.7 Å². The Kier molecular flexibility index (Phi) is 3.17. The van der Waals surface area contributed by atoms with Gasteiger partial charge < -0.3 is 4.98 Å². The molecule has 3 aromatic heterocycles. The monoisotopic (exact) mass is 333 g/mol. The lowest BCUT2D eigenvalue weighted by Crippen LogP contribution is -1.96. The highest BCUT2D eigenvalue weighted by Crippen LogP contribution is 2.34. The smallest absolute Gasteiger partial charge is 0.133 e. The van der Waals surface area contributed by atoms with E-state index >= 15 is 0 Å². The SMILES string of the molecule is Fc1cccc2nc3c4[nH]c(Cl)ccc4nc(CCCl)c3c12. The third kappa shape index (κ3) is 1.95. The van der Waals surface area contributed by atoms with Gasteiger partial charge in [0, 0.05) is 23.1 Å². The lowest BCUT2D eigenvalue weighted by Gasteiger charge is -2.06. The van der Waals surface area contributed by atoms with Gasteiger partial charge in [-0.15, -0.1) is 11.6 Å². The van der Waals surface area contributed by atoms with Crippen LogP contribution in [0.2, 0.25) is 5.15 Å². The van der Waals surface area contributed by atoms with Crippen LogP contribution in [0.5, 0.6) is 0 Å². The number of aromatic amines is 1. The van der Waals surface area contributed by atoms with Crippen molar-refractivity contribution in [3.05, 3.63) is 47.0 Å². The average Bonchev–Trinajstić information content (AvgIpc) is 2.89. The first-order chi connectivity index (χ1) is 10.7. The molecular weight excluding hydrogens is 324 g/mol. The zero-order valence-corrected chi connectivity index (χ0v) is 12.8. The van der Waals surface area contributed by atoms with E-state index in [0.29, 0.717) is 44.8 Å². The Morgan fingerprint density at radius 1 is 1.05 bits per heavy atom. The second kappa shape index (κ2) is 5.07. The Hall–Kier alpha value is -1.91. The van der Waals surface area contributed by atoms with Gasteiger partial charge in [-0.05, 0) is 24.3 Å². The Bertz CT molecular complexity index is 1030. The molecule has 6 heteroatoms. The van der Waals surface area contributed by atoms with Crippen molar-refractivity contribution in [1.82, 2.24) is 15.0 Å². The maximum absolute atomic E-state index is 14.3. The normalized spacial score (nSPS) is 11.8. The molecule has 0 spiro atoms. The molecule has 3 heterocycles. The van der Waals surface area contributed by atoms with E-state index in [4.69, 9.17) is 23.2 Å². The standard InChI is InChI=1S/C16H10Cl2FN3/c17-7-6-10-14-13-8(19)2-1-3-9(13)21-16(14)15-11(20-10)4-5-12(18)22-15/h1-5,22H,6-7H2. The summed E-state index contributed by atoms with van der Waals surface area (Å²) in [6.45, 7) is 0. The van der Waals surface area contributed by atoms with E-state index in [2.05, 4.69) is 15.0 Å². The van der Waals surface area contributed by atoms with Crippen molar-refractivity contribution in [3.8, 4) is 0 Å². The molecule has 22 heavy (non-hydrogen) atoms. The van der Waals surface area contributed by atoms with Crippen LogP contribution in [0.25, 0.3) is 32.8 Å². The van der Waals surface area contributed by atoms with Gasteiger partial charge in [0.2, 0.25) is 0 Å². The second-order valence-electron chi connectivity index (χ2n) is 5.03. The van der Waals surface area contributed by atoms with Crippen LogP contribution in [-0.2, 0) is 6.42 Å². The summed E-state index contributed by atoms with van der Waals surface area (Å²) in [5.41, 5.74) is 3.47.